The van der Waals surface area contributed by atoms with Gasteiger partial charge in [0.05, 0.1) is 5.69 Å². The molecule has 3 aromatic rings. The van der Waals surface area contributed by atoms with E-state index in [-0.39, 0.29) is 5.57 Å². The van der Waals surface area contributed by atoms with Crippen LogP contribution in [0.15, 0.2) is 78.4 Å². The Labute approximate surface area is 179 Å². The Bertz CT molecular complexity index is 1140. The minimum absolute atomic E-state index is 0.0156. The van der Waals surface area contributed by atoms with Crippen molar-refractivity contribution in [3.8, 4) is 5.75 Å². The first-order valence-electron chi connectivity index (χ1n) is 9.42. The Morgan fingerprint density at radius 2 is 1.73 bits per heavy atom. The van der Waals surface area contributed by atoms with Crippen molar-refractivity contribution in [3.05, 3.63) is 100 Å². The van der Waals surface area contributed by atoms with Crippen LogP contribution in [0.2, 0.25) is 5.02 Å². The summed E-state index contributed by atoms with van der Waals surface area (Å²) in [4.78, 5) is 25.3. The van der Waals surface area contributed by atoms with Crippen molar-refractivity contribution < 1.29 is 14.3 Å². The molecule has 30 heavy (non-hydrogen) atoms. The Balaban J connectivity index is 1.63. The van der Waals surface area contributed by atoms with Gasteiger partial charge in [-0.15, -0.1) is 0 Å². The molecule has 1 aliphatic rings. The molecule has 0 bridgehead atoms. The molecule has 6 heteroatoms. The van der Waals surface area contributed by atoms with Crippen molar-refractivity contribution in [2.45, 2.75) is 13.5 Å². The number of hydrogen-bond acceptors (Lipinski definition) is 3. The summed E-state index contributed by atoms with van der Waals surface area (Å²) in [5.74, 6) is -0.376. The summed E-state index contributed by atoms with van der Waals surface area (Å²) in [6.45, 7) is 2.38. The Hall–Kier alpha value is -3.57. The number of carbonyl (C=O) groups is 2. The van der Waals surface area contributed by atoms with Crippen molar-refractivity contribution in [1.29, 1.82) is 0 Å². The fourth-order valence-corrected chi connectivity index (χ4v) is 3.34. The van der Waals surface area contributed by atoms with Crippen molar-refractivity contribution in [3.63, 3.8) is 0 Å². The molecule has 0 radical (unpaired) electrons. The molecular formula is C24H19ClN2O3. The topological polar surface area (TPSA) is 58.6 Å². The predicted molar refractivity (Wildman–Crippen MR) is 117 cm³/mol. The number of hydrogen-bond donors (Lipinski definition) is 1. The summed E-state index contributed by atoms with van der Waals surface area (Å²) in [6, 6.07) is 22.0. The molecule has 1 saturated heterocycles. The Morgan fingerprint density at radius 1 is 1.00 bits per heavy atom. The summed E-state index contributed by atoms with van der Waals surface area (Å²) in [7, 11) is 0. The fraction of sp³-hybridized carbons (Fsp3) is 0.0833. The number of hydrazine groups is 1. The van der Waals surface area contributed by atoms with E-state index >= 15 is 0 Å². The van der Waals surface area contributed by atoms with Crippen LogP contribution in [0.5, 0.6) is 5.75 Å². The average Bonchev–Trinajstić information content (AvgIpc) is 3.03. The highest BCUT2D eigenvalue weighted by atomic mass is 35.5. The van der Waals surface area contributed by atoms with Gasteiger partial charge in [0, 0.05) is 10.6 Å². The summed E-state index contributed by atoms with van der Waals surface area (Å²) < 4.78 is 5.99. The maximum atomic E-state index is 12.8. The van der Waals surface area contributed by atoms with Crippen molar-refractivity contribution >= 4 is 35.2 Å². The monoisotopic (exact) mass is 418 g/mol. The van der Waals surface area contributed by atoms with E-state index in [1.165, 1.54) is 11.1 Å². The number of ether oxygens (including phenoxy) is 1. The van der Waals surface area contributed by atoms with Crippen molar-refractivity contribution in [2.24, 2.45) is 0 Å². The van der Waals surface area contributed by atoms with Gasteiger partial charge in [0.1, 0.15) is 17.9 Å². The van der Waals surface area contributed by atoms with Crippen LogP contribution < -0.4 is 15.2 Å². The summed E-state index contributed by atoms with van der Waals surface area (Å²) in [5.41, 5.74) is 5.92. The number of nitrogens with zero attached hydrogens (tertiary/aromatic N) is 1. The van der Waals surface area contributed by atoms with E-state index in [1.807, 2.05) is 37.3 Å². The lowest BCUT2D eigenvalue weighted by atomic mass is 10.1. The zero-order valence-electron chi connectivity index (χ0n) is 16.3. The van der Waals surface area contributed by atoms with Crippen LogP contribution in [0.4, 0.5) is 5.69 Å². The van der Waals surface area contributed by atoms with E-state index in [2.05, 4.69) is 5.43 Å². The smallest absolute Gasteiger partial charge is 0.282 e. The number of anilines is 1. The zero-order chi connectivity index (χ0) is 21.1. The number of para-hydroxylation sites is 1. The molecule has 2 amide bonds. The van der Waals surface area contributed by atoms with Crippen LogP contribution in [0.1, 0.15) is 16.7 Å². The third kappa shape index (κ3) is 4.07. The molecule has 0 unspecified atom stereocenters. The maximum Gasteiger partial charge on any atom is 0.282 e. The normalized spacial score (nSPS) is 14.9. The standard InChI is InChI=1S/C24H19ClN2O3/c1-16-7-5-6-8-17(16)15-30-22-12-11-19(25)13-18(22)14-21-23(28)26-27(24(21)29)20-9-3-2-4-10-20/h2-14H,15H2,1H3,(H,26,28). The molecule has 1 heterocycles. The predicted octanol–water partition coefficient (Wildman–Crippen LogP) is 4.69. The first-order chi connectivity index (χ1) is 14.5. The number of carbonyl (C=O) groups excluding carboxylic acids is 2. The first-order valence-corrected chi connectivity index (χ1v) is 9.80. The largest absolute Gasteiger partial charge is 0.488 e. The molecule has 0 aromatic heterocycles. The van der Waals surface area contributed by atoms with Gasteiger partial charge in [0.2, 0.25) is 0 Å². The highest BCUT2D eigenvalue weighted by Gasteiger charge is 2.34. The third-order valence-corrected chi connectivity index (χ3v) is 5.06. The molecule has 5 nitrogen and oxygen atoms in total. The van der Waals surface area contributed by atoms with E-state index in [0.717, 1.165) is 11.1 Å². The van der Waals surface area contributed by atoms with E-state index in [1.54, 1.807) is 42.5 Å². The lowest BCUT2D eigenvalue weighted by Gasteiger charge is -2.14. The average molecular weight is 419 g/mol. The second-order valence-corrected chi connectivity index (χ2v) is 7.31. The highest BCUT2D eigenvalue weighted by Crippen LogP contribution is 2.28. The SMILES string of the molecule is Cc1ccccc1COc1ccc(Cl)cc1C=C1C(=O)NN(c2ccccc2)C1=O. The number of nitrogens with one attached hydrogen (secondary N) is 1. The quantitative estimate of drug-likeness (QED) is 0.483. The van der Waals surface area contributed by atoms with Crippen LogP contribution in [0, 0.1) is 6.92 Å². The second kappa shape index (κ2) is 8.43. The molecule has 4 rings (SSSR count). The summed E-state index contributed by atoms with van der Waals surface area (Å²) >= 11 is 6.16. The van der Waals surface area contributed by atoms with Gasteiger partial charge in [-0.25, -0.2) is 5.01 Å². The van der Waals surface area contributed by atoms with Gasteiger partial charge in [0.25, 0.3) is 11.8 Å². The molecular weight excluding hydrogens is 400 g/mol. The van der Waals surface area contributed by atoms with Crippen LogP contribution in [0.3, 0.4) is 0 Å². The third-order valence-electron chi connectivity index (χ3n) is 4.82. The lowest BCUT2D eigenvalue weighted by Crippen LogP contribution is -2.35. The number of rotatable bonds is 5. The lowest BCUT2D eigenvalue weighted by molar-refractivity contribution is -0.117. The van der Waals surface area contributed by atoms with E-state index in [9.17, 15) is 9.59 Å². The molecule has 0 spiro atoms. The molecule has 3 aromatic carbocycles. The fourth-order valence-electron chi connectivity index (χ4n) is 3.16. The van der Waals surface area contributed by atoms with E-state index in [4.69, 9.17) is 16.3 Å². The number of benzene rings is 3. The molecule has 1 N–H and O–H groups in total. The van der Waals surface area contributed by atoms with Crippen molar-refractivity contribution in [2.75, 3.05) is 5.01 Å². The minimum Gasteiger partial charge on any atom is -0.488 e. The van der Waals surface area contributed by atoms with Gasteiger partial charge in [-0.05, 0) is 54.5 Å². The first kappa shape index (κ1) is 19.7. The Morgan fingerprint density at radius 3 is 2.50 bits per heavy atom. The van der Waals surface area contributed by atoms with E-state index in [0.29, 0.717) is 28.6 Å². The van der Waals surface area contributed by atoms with Gasteiger partial charge in [-0.2, -0.15) is 0 Å². The Kier molecular flexibility index (Phi) is 5.55. The van der Waals surface area contributed by atoms with Gasteiger partial charge in [-0.1, -0.05) is 54.1 Å². The minimum atomic E-state index is -0.478. The van der Waals surface area contributed by atoms with Crippen LogP contribution in [-0.4, -0.2) is 11.8 Å². The van der Waals surface area contributed by atoms with Gasteiger partial charge >= 0.3 is 0 Å². The maximum absolute atomic E-state index is 12.8. The molecule has 1 aliphatic heterocycles. The number of aryl methyl sites for hydroxylation is 1. The van der Waals surface area contributed by atoms with Gasteiger partial charge < -0.3 is 4.74 Å². The molecule has 0 atom stereocenters. The van der Waals surface area contributed by atoms with Gasteiger partial charge in [-0.3, -0.25) is 15.0 Å². The highest BCUT2D eigenvalue weighted by molar-refractivity contribution is 6.32. The summed E-state index contributed by atoms with van der Waals surface area (Å²) in [5, 5.41) is 1.71. The zero-order valence-corrected chi connectivity index (χ0v) is 17.0. The van der Waals surface area contributed by atoms with E-state index < -0.39 is 11.8 Å². The van der Waals surface area contributed by atoms with Gasteiger partial charge in [0.15, 0.2) is 0 Å². The molecule has 0 aliphatic carbocycles. The second-order valence-electron chi connectivity index (χ2n) is 6.87. The van der Waals surface area contributed by atoms with Crippen LogP contribution in [-0.2, 0) is 16.2 Å². The number of halogens is 1. The molecule has 150 valence electrons. The van der Waals surface area contributed by atoms with Crippen LogP contribution >= 0.6 is 11.6 Å². The molecule has 1 fully saturated rings. The van der Waals surface area contributed by atoms with Crippen molar-refractivity contribution in [1.82, 2.24) is 5.43 Å². The van der Waals surface area contributed by atoms with Crippen LogP contribution in [0.25, 0.3) is 6.08 Å². The molecule has 0 saturated carbocycles. The number of amides is 2. The summed E-state index contributed by atoms with van der Waals surface area (Å²) in [6.07, 6.45) is 1.51.